The SMILES string of the molecule is Cc1nc(-c2ccn[nH]2)sc1C(=O)NCc1ccc(F)cc1. The van der Waals surface area contributed by atoms with Gasteiger partial charge < -0.3 is 5.32 Å². The van der Waals surface area contributed by atoms with E-state index in [0.717, 1.165) is 16.3 Å². The molecule has 0 saturated carbocycles. The lowest BCUT2D eigenvalue weighted by Gasteiger charge is -2.04. The third-order valence-electron chi connectivity index (χ3n) is 3.10. The van der Waals surface area contributed by atoms with E-state index in [9.17, 15) is 9.18 Å². The van der Waals surface area contributed by atoms with E-state index in [0.29, 0.717) is 17.1 Å². The van der Waals surface area contributed by atoms with Gasteiger partial charge >= 0.3 is 0 Å². The number of nitrogens with one attached hydrogen (secondary N) is 2. The molecule has 3 aromatic rings. The van der Waals surface area contributed by atoms with Gasteiger partial charge in [-0.3, -0.25) is 9.89 Å². The van der Waals surface area contributed by atoms with Gasteiger partial charge in [0.05, 0.1) is 11.4 Å². The number of rotatable bonds is 4. The number of aryl methyl sites for hydroxylation is 1. The first kappa shape index (κ1) is 14.4. The Kier molecular flexibility index (Phi) is 3.97. The minimum Gasteiger partial charge on any atom is -0.347 e. The maximum atomic E-state index is 12.8. The number of thiazole rings is 1. The molecular formula is C15H13FN4OS. The first-order valence-corrected chi connectivity index (χ1v) is 7.45. The highest BCUT2D eigenvalue weighted by molar-refractivity contribution is 7.17. The van der Waals surface area contributed by atoms with Gasteiger partial charge in [0.1, 0.15) is 15.7 Å². The van der Waals surface area contributed by atoms with Gasteiger partial charge in [0.15, 0.2) is 0 Å². The molecule has 0 fully saturated rings. The Morgan fingerprint density at radius 3 is 2.77 bits per heavy atom. The maximum absolute atomic E-state index is 12.8. The molecule has 0 saturated heterocycles. The summed E-state index contributed by atoms with van der Waals surface area (Å²) < 4.78 is 12.8. The fraction of sp³-hybridized carbons (Fsp3) is 0.133. The van der Waals surface area contributed by atoms with E-state index < -0.39 is 0 Å². The Hall–Kier alpha value is -2.54. The molecule has 2 aromatic heterocycles. The van der Waals surface area contributed by atoms with Crippen molar-refractivity contribution in [2.45, 2.75) is 13.5 Å². The Labute approximate surface area is 130 Å². The quantitative estimate of drug-likeness (QED) is 0.777. The highest BCUT2D eigenvalue weighted by Crippen LogP contribution is 2.26. The van der Waals surface area contributed by atoms with Crippen LogP contribution in [0, 0.1) is 12.7 Å². The first-order chi connectivity index (χ1) is 10.6. The van der Waals surface area contributed by atoms with E-state index in [1.54, 1.807) is 31.3 Å². The van der Waals surface area contributed by atoms with Crippen molar-refractivity contribution in [3.63, 3.8) is 0 Å². The van der Waals surface area contributed by atoms with Gasteiger partial charge in [-0.2, -0.15) is 5.10 Å². The van der Waals surface area contributed by atoms with Crippen molar-refractivity contribution in [3.05, 3.63) is 58.5 Å². The number of hydrogen-bond donors (Lipinski definition) is 2. The molecule has 0 spiro atoms. The number of aromatic nitrogens is 3. The molecule has 1 aromatic carbocycles. The summed E-state index contributed by atoms with van der Waals surface area (Å²) in [6.07, 6.45) is 1.64. The van der Waals surface area contributed by atoms with Crippen molar-refractivity contribution in [1.29, 1.82) is 0 Å². The van der Waals surface area contributed by atoms with Crippen LogP contribution in [-0.4, -0.2) is 21.1 Å². The van der Waals surface area contributed by atoms with Crippen LogP contribution >= 0.6 is 11.3 Å². The van der Waals surface area contributed by atoms with Crippen LogP contribution in [0.2, 0.25) is 0 Å². The summed E-state index contributed by atoms with van der Waals surface area (Å²) in [5.41, 5.74) is 2.29. The van der Waals surface area contributed by atoms with Crippen LogP contribution in [0.15, 0.2) is 36.5 Å². The van der Waals surface area contributed by atoms with Gasteiger partial charge in [0.25, 0.3) is 5.91 Å². The fourth-order valence-electron chi connectivity index (χ4n) is 1.96. The molecular weight excluding hydrogens is 303 g/mol. The summed E-state index contributed by atoms with van der Waals surface area (Å²) in [5.74, 6) is -0.484. The third-order valence-corrected chi connectivity index (χ3v) is 4.29. The summed E-state index contributed by atoms with van der Waals surface area (Å²) >= 11 is 1.31. The van der Waals surface area contributed by atoms with Gasteiger partial charge in [-0.15, -0.1) is 11.3 Å². The maximum Gasteiger partial charge on any atom is 0.263 e. The van der Waals surface area contributed by atoms with Crippen molar-refractivity contribution in [2.75, 3.05) is 0 Å². The lowest BCUT2D eigenvalue weighted by atomic mass is 10.2. The number of halogens is 1. The van der Waals surface area contributed by atoms with Gasteiger partial charge in [-0.05, 0) is 30.7 Å². The van der Waals surface area contributed by atoms with Gasteiger partial charge in [0, 0.05) is 12.7 Å². The van der Waals surface area contributed by atoms with E-state index in [2.05, 4.69) is 20.5 Å². The largest absolute Gasteiger partial charge is 0.347 e. The summed E-state index contributed by atoms with van der Waals surface area (Å²) in [7, 11) is 0. The minimum absolute atomic E-state index is 0.190. The zero-order valence-corrected chi connectivity index (χ0v) is 12.6. The molecule has 22 heavy (non-hydrogen) atoms. The van der Waals surface area contributed by atoms with Crippen molar-refractivity contribution in [3.8, 4) is 10.7 Å². The van der Waals surface area contributed by atoms with Crippen LogP contribution in [0.5, 0.6) is 0 Å². The summed E-state index contributed by atoms with van der Waals surface area (Å²) in [6, 6.07) is 7.83. The zero-order chi connectivity index (χ0) is 15.5. The number of carbonyl (C=O) groups excluding carboxylic acids is 1. The molecule has 5 nitrogen and oxygen atoms in total. The van der Waals surface area contributed by atoms with Gasteiger partial charge in [-0.1, -0.05) is 12.1 Å². The molecule has 1 amide bonds. The van der Waals surface area contributed by atoms with Crippen LogP contribution in [0.25, 0.3) is 10.7 Å². The highest BCUT2D eigenvalue weighted by atomic mass is 32.1. The number of nitrogens with zero attached hydrogens (tertiary/aromatic N) is 2. The lowest BCUT2D eigenvalue weighted by Crippen LogP contribution is -2.22. The van der Waals surface area contributed by atoms with Crippen molar-refractivity contribution < 1.29 is 9.18 Å². The Balaban J connectivity index is 1.71. The summed E-state index contributed by atoms with van der Waals surface area (Å²) in [5, 5.41) is 10.2. The predicted octanol–water partition coefficient (Wildman–Crippen LogP) is 2.91. The summed E-state index contributed by atoms with van der Waals surface area (Å²) in [4.78, 5) is 17.2. The predicted molar refractivity (Wildman–Crippen MR) is 82.0 cm³/mol. The number of amides is 1. The van der Waals surface area contributed by atoms with Crippen LogP contribution in [0.4, 0.5) is 4.39 Å². The molecule has 0 radical (unpaired) electrons. The standard InChI is InChI=1S/C15H13FN4OS/c1-9-13(22-15(19-9)12-6-7-18-20-12)14(21)17-8-10-2-4-11(16)5-3-10/h2-7H,8H2,1H3,(H,17,21)(H,18,20). The molecule has 0 bridgehead atoms. The van der Waals surface area contributed by atoms with Gasteiger partial charge in [-0.25, -0.2) is 9.37 Å². The molecule has 2 heterocycles. The van der Waals surface area contributed by atoms with Crippen LogP contribution in [0.3, 0.4) is 0 Å². The van der Waals surface area contributed by atoms with E-state index in [4.69, 9.17) is 0 Å². The molecule has 112 valence electrons. The average molecular weight is 316 g/mol. The molecule has 0 aliphatic carbocycles. The number of H-pyrrole nitrogens is 1. The smallest absolute Gasteiger partial charge is 0.263 e. The van der Waals surface area contributed by atoms with Crippen molar-refractivity contribution in [1.82, 2.24) is 20.5 Å². The second-order valence-corrected chi connectivity index (χ2v) is 5.71. The molecule has 7 heteroatoms. The Morgan fingerprint density at radius 2 is 2.09 bits per heavy atom. The zero-order valence-electron chi connectivity index (χ0n) is 11.8. The Bertz CT molecular complexity index is 780. The van der Waals surface area contributed by atoms with Gasteiger partial charge in [0.2, 0.25) is 0 Å². The number of benzene rings is 1. The van der Waals surface area contributed by atoms with Crippen molar-refractivity contribution >= 4 is 17.2 Å². The first-order valence-electron chi connectivity index (χ1n) is 6.63. The molecule has 0 aliphatic rings. The third kappa shape index (κ3) is 3.04. The second-order valence-electron chi connectivity index (χ2n) is 4.71. The van der Waals surface area contributed by atoms with Crippen molar-refractivity contribution in [2.24, 2.45) is 0 Å². The Morgan fingerprint density at radius 1 is 1.32 bits per heavy atom. The summed E-state index contributed by atoms with van der Waals surface area (Å²) in [6.45, 7) is 2.14. The average Bonchev–Trinajstić information content (AvgIpc) is 3.15. The van der Waals surface area contributed by atoms with Crippen LogP contribution in [0.1, 0.15) is 20.9 Å². The van der Waals surface area contributed by atoms with Crippen LogP contribution < -0.4 is 5.32 Å². The molecule has 2 N–H and O–H groups in total. The number of carbonyl (C=O) groups is 1. The fourth-order valence-corrected chi connectivity index (χ4v) is 2.92. The van der Waals surface area contributed by atoms with Crippen LogP contribution in [-0.2, 0) is 6.54 Å². The highest BCUT2D eigenvalue weighted by Gasteiger charge is 2.16. The minimum atomic E-state index is -0.294. The lowest BCUT2D eigenvalue weighted by molar-refractivity contribution is 0.0954. The monoisotopic (exact) mass is 316 g/mol. The normalized spacial score (nSPS) is 10.6. The molecule has 0 unspecified atom stereocenters. The van der Waals surface area contributed by atoms with E-state index in [-0.39, 0.29) is 11.7 Å². The molecule has 0 atom stereocenters. The van der Waals surface area contributed by atoms with E-state index in [1.807, 2.05) is 0 Å². The second kappa shape index (κ2) is 6.07. The molecule has 0 aliphatic heterocycles. The van der Waals surface area contributed by atoms with E-state index in [1.165, 1.54) is 23.5 Å². The molecule has 3 rings (SSSR count). The number of hydrogen-bond acceptors (Lipinski definition) is 4. The topological polar surface area (TPSA) is 70.7 Å². The van der Waals surface area contributed by atoms with E-state index >= 15 is 0 Å². The number of aromatic amines is 1.